The number of carbonyl (C=O) groups is 1. The van der Waals surface area contributed by atoms with Gasteiger partial charge in [0.25, 0.3) is 0 Å². The van der Waals surface area contributed by atoms with Crippen LogP contribution in [0.1, 0.15) is 37.6 Å². The topological polar surface area (TPSA) is 69.0 Å². The van der Waals surface area contributed by atoms with Crippen LogP contribution in [0.15, 0.2) is 59.9 Å². The number of hydrogen-bond acceptors (Lipinski definition) is 5. The molecule has 6 nitrogen and oxygen atoms in total. The Balaban J connectivity index is 1.53. The molecule has 4 rings (SSSR count). The summed E-state index contributed by atoms with van der Waals surface area (Å²) < 4.78 is 7.25. The summed E-state index contributed by atoms with van der Waals surface area (Å²) in [5.41, 5.74) is 3.30. The minimum absolute atomic E-state index is 0.0106. The van der Waals surface area contributed by atoms with Gasteiger partial charge in [-0.3, -0.25) is 4.79 Å². The fraction of sp³-hybridized carbons (Fsp3) is 0.348. The van der Waals surface area contributed by atoms with Crippen molar-refractivity contribution in [2.24, 2.45) is 5.41 Å². The van der Waals surface area contributed by atoms with Crippen molar-refractivity contribution in [2.75, 3.05) is 12.9 Å². The largest absolute Gasteiger partial charge is 0.497 e. The number of carbonyl (C=O) groups excluding carboxylic acids is 1. The van der Waals surface area contributed by atoms with E-state index in [-0.39, 0.29) is 17.4 Å². The highest BCUT2D eigenvalue weighted by atomic mass is 32.2. The average molecular weight is 423 g/mol. The molecule has 0 bridgehead atoms. The van der Waals surface area contributed by atoms with Crippen LogP contribution in [0.4, 0.5) is 0 Å². The van der Waals surface area contributed by atoms with Crippen molar-refractivity contribution in [3.63, 3.8) is 0 Å². The van der Waals surface area contributed by atoms with E-state index in [2.05, 4.69) is 29.2 Å². The van der Waals surface area contributed by atoms with Crippen molar-refractivity contribution in [3.8, 4) is 11.4 Å². The van der Waals surface area contributed by atoms with Crippen molar-refractivity contribution < 1.29 is 9.53 Å². The van der Waals surface area contributed by atoms with Gasteiger partial charge in [0.1, 0.15) is 5.75 Å². The SMILES string of the molecule is COc1ccc(-n2ncc3c2CC(C)(C)C[C@H]3NC(=O)CSc2ccccn2)cc1. The second-order valence-electron chi connectivity index (χ2n) is 8.28. The molecule has 0 radical (unpaired) electrons. The molecule has 2 heterocycles. The highest BCUT2D eigenvalue weighted by Crippen LogP contribution is 2.41. The number of thioether (sulfide) groups is 1. The minimum atomic E-state index is -0.0485. The highest BCUT2D eigenvalue weighted by molar-refractivity contribution is 7.99. The van der Waals surface area contributed by atoms with E-state index in [1.165, 1.54) is 11.8 Å². The third kappa shape index (κ3) is 4.51. The predicted octanol–water partition coefficient (Wildman–Crippen LogP) is 4.20. The second-order valence-corrected chi connectivity index (χ2v) is 9.27. The van der Waals surface area contributed by atoms with Gasteiger partial charge in [-0.1, -0.05) is 31.7 Å². The third-order valence-electron chi connectivity index (χ3n) is 5.32. The summed E-state index contributed by atoms with van der Waals surface area (Å²) in [5.74, 6) is 1.17. The van der Waals surface area contributed by atoms with Crippen LogP contribution in [-0.2, 0) is 11.2 Å². The Morgan fingerprint density at radius 2 is 2.07 bits per heavy atom. The predicted molar refractivity (Wildman–Crippen MR) is 118 cm³/mol. The molecule has 30 heavy (non-hydrogen) atoms. The van der Waals surface area contributed by atoms with Gasteiger partial charge in [0, 0.05) is 11.8 Å². The number of ether oxygens (including phenoxy) is 1. The minimum Gasteiger partial charge on any atom is -0.497 e. The fourth-order valence-corrected chi connectivity index (χ4v) is 4.60. The van der Waals surface area contributed by atoms with E-state index >= 15 is 0 Å². The van der Waals surface area contributed by atoms with Gasteiger partial charge >= 0.3 is 0 Å². The lowest BCUT2D eigenvalue weighted by atomic mass is 9.74. The summed E-state index contributed by atoms with van der Waals surface area (Å²) in [6, 6.07) is 13.5. The third-order valence-corrected chi connectivity index (χ3v) is 6.26. The highest BCUT2D eigenvalue weighted by Gasteiger charge is 2.36. The molecule has 156 valence electrons. The summed E-state index contributed by atoms with van der Waals surface area (Å²) >= 11 is 1.45. The van der Waals surface area contributed by atoms with Crippen molar-refractivity contribution in [2.45, 2.75) is 37.8 Å². The van der Waals surface area contributed by atoms with Crippen LogP contribution >= 0.6 is 11.8 Å². The molecular formula is C23H26N4O2S. The van der Waals surface area contributed by atoms with Crippen molar-refractivity contribution in [1.29, 1.82) is 0 Å². The van der Waals surface area contributed by atoms with Crippen LogP contribution in [0.3, 0.4) is 0 Å². The Morgan fingerprint density at radius 1 is 1.27 bits per heavy atom. The Labute approximate surface area is 181 Å². The molecule has 1 atom stereocenters. The maximum atomic E-state index is 12.7. The number of methoxy groups -OCH3 is 1. The first-order valence-corrected chi connectivity index (χ1v) is 11.0. The monoisotopic (exact) mass is 422 g/mol. The lowest BCUT2D eigenvalue weighted by Gasteiger charge is -2.36. The first kappa shape index (κ1) is 20.5. The molecule has 7 heteroatoms. The fourth-order valence-electron chi connectivity index (χ4n) is 3.93. The Morgan fingerprint density at radius 3 is 2.77 bits per heavy atom. The summed E-state index contributed by atoms with van der Waals surface area (Å²) in [4.78, 5) is 16.9. The number of benzene rings is 1. The van der Waals surface area contributed by atoms with Gasteiger partial charge in [-0.15, -0.1) is 0 Å². The van der Waals surface area contributed by atoms with Gasteiger partial charge in [0.15, 0.2) is 0 Å². The normalized spacial score (nSPS) is 17.2. The molecule has 1 aromatic carbocycles. The zero-order valence-electron chi connectivity index (χ0n) is 17.5. The molecule has 0 aliphatic heterocycles. The summed E-state index contributed by atoms with van der Waals surface area (Å²) in [6.45, 7) is 4.48. The molecule has 0 saturated heterocycles. The number of rotatable bonds is 6. The Hall–Kier alpha value is -2.80. The number of hydrogen-bond donors (Lipinski definition) is 1. The van der Waals surface area contributed by atoms with Crippen LogP contribution in [0.2, 0.25) is 0 Å². The molecule has 1 amide bonds. The zero-order chi connectivity index (χ0) is 21.1. The van der Waals surface area contributed by atoms with E-state index < -0.39 is 0 Å². The number of fused-ring (bicyclic) bond motifs is 1. The Bertz CT molecular complexity index is 1020. The zero-order valence-corrected chi connectivity index (χ0v) is 18.3. The van der Waals surface area contributed by atoms with E-state index in [1.807, 2.05) is 53.3 Å². The smallest absolute Gasteiger partial charge is 0.230 e. The maximum Gasteiger partial charge on any atom is 0.230 e. The number of aromatic nitrogens is 3. The summed E-state index contributed by atoms with van der Waals surface area (Å²) in [5, 5.41) is 8.72. The number of pyridine rings is 1. The average Bonchev–Trinajstić information content (AvgIpc) is 3.16. The van der Waals surface area contributed by atoms with Crippen LogP contribution in [0.5, 0.6) is 5.75 Å². The van der Waals surface area contributed by atoms with Crippen LogP contribution in [0.25, 0.3) is 5.69 Å². The molecule has 0 spiro atoms. The molecule has 3 aromatic rings. The lowest BCUT2D eigenvalue weighted by molar-refractivity contribution is -0.119. The molecule has 1 aliphatic carbocycles. The molecule has 1 N–H and O–H groups in total. The van der Waals surface area contributed by atoms with Gasteiger partial charge in [-0.05, 0) is 54.7 Å². The molecule has 0 fully saturated rings. The summed E-state index contributed by atoms with van der Waals surface area (Å²) in [7, 11) is 1.66. The van der Waals surface area contributed by atoms with E-state index in [1.54, 1.807) is 13.3 Å². The van der Waals surface area contributed by atoms with Gasteiger partial charge in [-0.2, -0.15) is 5.10 Å². The van der Waals surface area contributed by atoms with E-state index in [0.29, 0.717) is 5.75 Å². The van der Waals surface area contributed by atoms with E-state index in [0.717, 1.165) is 40.6 Å². The number of amides is 1. The van der Waals surface area contributed by atoms with E-state index in [4.69, 9.17) is 4.74 Å². The first-order chi connectivity index (χ1) is 14.4. The van der Waals surface area contributed by atoms with Crippen LogP contribution in [0, 0.1) is 5.41 Å². The Kier molecular flexibility index (Phi) is 5.81. The van der Waals surface area contributed by atoms with Crippen molar-refractivity contribution in [1.82, 2.24) is 20.1 Å². The number of nitrogens with zero attached hydrogens (tertiary/aromatic N) is 3. The van der Waals surface area contributed by atoms with Gasteiger partial charge in [0.2, 0.25) is 5.91 Å². The summed E-state index contributed by atoms with van der Waals surface area (Å²) in [6.07, 6.45) is 5.42. The van der Waals surface area contributed by atoms with Gasteiger partial charge in [-0.25, -0.2) is 9.67 Å². The second kappa shape index (κ2) is 8.52. The molecule has 0 saturated carbocycles. The quantitative estimate of drug-likeness (QED) is 0.603. The van der Waals surface area contributed by atoms with Gasteiger partial charge in [0.05, 0.1) is 41.5 Å². The first-order valence-electron chi connectivity index (χ1n) is 10.00. The maximum absolute atomic E-state index is 12.7. The lowest BCUT2D eigenvalue weighted by Crippen LogP contribution is -2.37. The molecule has 2 aromatic heterocycles. The molecule has 0 unspecified atom stereocenters. The van der Waals surface area contributed by atoms with Crippen molar-refractivity contribution >= 4 is 17.7 Å². The van der Waals surface area contributed by atoms with Crippen molar-refractivity contribution in [3.05, 3.63) is 66.1 Å². The number of nitrogens with one attached hydrogen (secondary N) is 1. The molecule has 1 aliphatic rings. The van der Waals surface area contributed by atoms with E-state index in [9.17, 15) is 4.79 Å². The van der Waals surface area contributed by atoms with Gasteiger partial charge < -0.3 is 10.1 Å². The van der Waals surface area contributed by atoms with Crippen LogP contribution < -0.4 is 10.1 Å². The van der Waals surface area contributed by atoms with Crippen LogP contribution in [-0.4, -0.2) is 33.5 Å². The molecular weight excluding hydrogens is 396 g/mol. The standard InChI is InChI=1S/C23H26N4O2S/c1-23(2)12-19(26-21(28)15-30-22-6-4-5-11-24-22)18-14-25-27(20(18)13-23)16-7-9-17(29-3)10-8-16/h4-11,14,19H,12-13,15H2,1-3H3,(H,26,28)/t19-/m1/s1.